The number of ether oxygens (including phenoxy) is 1. The van der Waals surface area contributed by atoms with E-state index in [0.29, 0.717) is 31.9 Å². The van der Waals surface area contributed by atoms with E-state index in [-0.39, 0.29) is 29.7 Å². The maximum absolute atomic E-state index is 12.5. The lowest BCUT2D eigenvalue weighted by Crippen LogP contribution is -2.61. The molecule has 154 valence electrons. The van der Waals surface area contributed by atoms with E-state index in [0.717, 1.165) is 16.0 Å². The summed E-state index contributed by atoms with van der Waals surface area (Å²) >= 11 is 1.59. The molecule has 0 spiro atoms. The number of nitrogens with zero attached hydrogens (tertiary/aromatic N) is 4. The molecule has 0 atom stereocenters. The zero-order valence-corrected chi connectivity index (χ0v) is 16.8. The average Bonchev–Trinajstić information content (AvgIpc) is 3.16. The van der Waals surface area contributed by atoms with Gasteiger partial charge in [0.2, 0.25) is 11.9 Å². The molecule has 0 bridgehead atoms. The molecule has 2 aliphatic rings. The Morgan fingerprint density at radius 2 is 2.03 bits per heavy atom. The number of carbonyl (C=O) groups excluding carboxylic acids is 2. The second-order valence-electron chi connectivity index (χ2n) is 7.58. The Hall–Kier alpha value is -3.27. The maximum atomic E-state index is 12.5. The molecular formula is C20H20N6O3S. The van der Waals surface area contributed by atoms with Gasteiger partial charge in [-0.1, -0.05) is 6.07 Å². The lowest BCUT2D eigenvalue weighted by atomic mass is 9.81. The van der Waals surface area contributed by atoms with Gasteiger partial charge in [0.25, 0.3) is 5.91 Å². The standard InChI is InChI=1S/C20H20N6O3S/c21-18(27)14-4-5-22-20(25-14)26-8-12(9-26)24-19(28)11-6-13(7-11)29-15-2-1-3-16-17(15)23-10-30-16/h1-5,10-13H,6-9H2,(H2,21,27)(H,24,28). The van der Waals surface area contributed by atoms with Crippen molar-refractivity contribution in [2.24, 2.45) is 11.7 Å². The van der Waals surface area contributed by atoms with Gasteiger partial charge in [-0.25, -0.2) is 15.0 Å². The SMILES string of the molecule is NC(=O)c1ccnc(N2CC(NC(=O)C3CC(Oc4cccc5scnc45)C3)C2)n1. The number of thiazole rings is 1. The summed E-state index contributed by atoms with van der Waals surface area (Å²) < 4.78 is 7.15. The highest BCUT2D eigenvalue weighted by Crippen LogP contribution is 2.35. The topological polar surface area (TPSA) is 123 Å². The number of fused-ring (bicyclic) bond motifs is 1. The molecule has 1 saturated carbocycles. The van der Waals surface area contributed by atoms with Gasteiger partial charge in [-0.05, 0) is 31.0 Å². The van der Waals surface area contributed by atoms with Gasteiger partial charge in [-0.15, -0.1) is 11.3 Å². The normalized spacial score (nSPS) is 21.0. The van der Waals surface area contributed by atoms with Crippen molar-refractivity contribution in [3.05, 3.63) is 41.7 Å². The van der Waals surface area contributed by atoms with Crippen LogP contribution < -0.4 is 20.7 Å². The van der Waals surface area contributed by atoms with Crippen LogP contribution in [0.25, 0.3) is 10.2 Å². The number of benzene rings is 1. The Bertz CT molecular complexity index is 1110. The van der Waals surface area contributed by atoms with E-state index < -0.39 is 5.91 Å². The molecule has 2 aromatic heterocycles. The Balaban J connectivity index is 1.09. The van der Waals surface area contributed by atoms with Crippen LogP contribution in [0.5, 0.6) is 5.75 Å². The largest absolute Gasteiger partial charge is 0.488 e. The number of amides is 2. The van der Waals surface area contributed by atoms with Crippen LogP contribution >= 0.6 is 11.3 Å². The molecule has 1 aromatic carbocycles. The summed E-state index contributed by atoms with van der Waals surface area (Å²) in [5, 5.41) is 3.07. The van der Waals surface area contributed by atoms with E-state index in [2.05, 4.69) is 20.3 Å². The molecule has 2 fully saturated rings. The molecular weight excluding hydrogens is 404 g/mol. The van der Waals surface area contributed by atoms with Crippen molar-refractivity contribution in [1.29, 1.82) is 0 Å². The minimum Gasteiger partial charge on any atom is -0.488 e. The summed E-state index contributed by atoms with van der Waals surface area (Å²) in [6.45, 7) is 1.21. The van der Waals surface area contributed by atoms with Gasteiger partial charge in [0.15, 0.2) is 0 Å². The number of primary amides is 1. The first-order valence-corrected chi connectivity index (χ1v) is 10.6. The summed E-state index contributed by atoms with van der Waals surface area (Å²) in [6, 6.07) is 7.43. The number of nitrogens with one attached hydrogen (secondary N) is 1. The second-order valence-corrected chi connectivity index (χ2v) is 8.47. The zero-order chi connectivity index (χ0) is 20.7. The number of nitrogens with two attached hydrogens (primary N) is 1. The number of aromatic nitrogens is 3. The van der Waals surface area contributed by atoms with Crippen LogP contribution in [-0.4, -0.2) is 52.0 Å². The third kappa shape index (κ3) is 3.54. The fourth-order valence-corrected chi connectivity index (χ4v) is 4.39. The van der Waals surface area contributed by atoms with Crippen molar-refractivity contribution in [3.8, 4) is 5.75 Å². The molecule has 3 aromatic rings. The fourth-order valence-electron chi connectivity index (χ4n) is 3.70. The van der Waals surface area contributed by atoms with Gasteiger partial charge in [-0.2, -0.15) is 0 Å². The van der Waals surface area contributed by atoms with E-state index in [1.54, 1.807) is 11.3 Å². The number of anilines is 1. The van der Waals surface area contributed by atoms with Crippen LogP contribution in [0.15, 0.2) is 36.0 Å². The molecule has 1 saturated heterocycles. The number of hydrogen-bond donors (Lipinski definition) is 2. The Labute approximate surface area is 176 Å². The molecule has 3 N–H and O–H groups in total. The molecule has 5 rings (SSSR count). The lowest BCUT2D eigenvalue weighted by Gasteiger charge is -2.41. The summed E-state index contributed by atoms with van der Waals surface area (Å²) in [4.78, 5) is 38.3. The van der Waals surface area contributed by atoms with E-state index in [1.807, 2.05) is 28.6 Å². The third-order valence-electron chi connectivity index (χ3n) is 5.49. The summed E-state index contributed by atoms with van der Waals surface area (Å²) in [5.41, 5.74) is 8.13. The molecule has 0 radical (unpaired) electrons. The molecule has 1 aliphatic heterocycles. The monoisotopic (exact) mass is 424 g/mol. The minimum atomic E-state index is -0.586. The van der Waals surface area contributed by atoms with Crippen molar-refractivity contribution in [2.45, 2.75) is 25.0 Å². The Kier molecular flexibility index (Phi) is 4.70. The van der Waals surface area contributed by atoms with Gasteiger partial charge in [-0.3, -0.25) is 9.59 Å². The van der Waals surface area contributed by atoms with Crippen LogP contribution in [0, 0.1) is 5.92 Å². The molecule has 3 heterocycles. The lowest BCUT2D eigenvalue weighted by molar-refractivity contribution is -0.131. The van der Waals surface area contributed by atoms with E-state index >= 15 is 0 Å². The predicted molar refractivity (Wildman–Crippen MR) is 111 cm³/mol. The first kappa shape index (κ1) is 18.7. The molecule has 10 heteroatoms. The van der Waals surface area contributed by atoms with Gasteiger partial charge in [0.05, 0.1) is 16.3 Å². The zero-order valence-electron chi connectivity index (χ0n) is 16.0. The Morgan fingerprint density at radius 3 is 2.83 bits per heavy atom. The van der Waals surface area contributed by atoms with Crippen LogP contribution in [0.3, 0.4) is 0 Å². The van der Waals surface area contributed by atoms with Crippen LogP contribution in [0.4, 0.5) is 5.95 Å². The maximum Gasteiger partial charge on any atom is 0.267 e. The Morgan fingerprint density at radius 1 is 1.20 bits per heavy atom. The van der Waals surface area contributed by atoms with E-state index in [4.69, 9.17) is 10.5 Å². The number of hydrogen-bond acceptors (Lipinski definition) is 8. The van der Waals surface area contributed by atoms with E-state index in [1.165, 1.54) is 12.3 Å². The summed E-state index contributed by atoms with van der Waals surface area (Å²) in [5.74, 6) is 0.665. The van der Waals surface area contributed by atoms with Crippen LogP contribution in [0.2, 0.25) is 0 Å². The van der Waals surface area contributed by atoms with Crippen molar-refractivity contribution >= 4 is 39.3 Å². The molecule has 1 aliphatic carbocycles. The van der Waals surface area contributed by atoms with Crippen molar-refractivity contribution in [3.63, 3.8) is 0 Å². The predicted octanol–water partition coefficient (Wildman–Crippen LogP) is 1.35. The van der Waals surface area contributed by atoms with Gasteiger partial charge < -0.3 is 20.7 Å². The number of para-hydroxylation sites is 1. The van der Waals surface area contributed by atoms with Crippen molar-refractivity contribution < 1.29 is 14.3 Å². The van der Waals surface area contributed by atoms with Gasteiger partial charge in [0, 0.05) is 25.2 Å². The molecule has 9 nitrogen and oxygen atoms in total. The molecule has 0 unspecified atom stereocenters. The highest BCUT2D eigenvalue weighted by molar-refractivity contribution is 7.16. The van der Waals surface area contributed by atoms with Crippen molar-refractivity contribution in [2.75, 3.05) is 18.0 Å². The number of rotatable bonds is 6. The highest BCUT2D eigenvalue weighted by Gasteiger charge is 2.39. The molecule has 30 heavy (non-hydrogen) atoms. The van der Waals surface area contributed by atoms with Crippen LogP contribution in [-0.2, 0) is 4.79 Å². The van der Waals surface area contributed by atoms with Gasteiger partial charge in [0.1, 0.15) is 23.1 Å². The van der Waals surface area contributed by atoms with Gasteiger partial charge >= 0.3 is 0 Å². The quantitative estimate of drug-likeness (QED) is 0.612. The minimum absolute atomic E-state index is 0.0341. The van der Waals surface area contributed by atoms with E-state index in [9.17, 15) is 9.59 Å². The smallest absolute Gasteiger partial charge is 0.267 e. The van der Waals surface area contributed by atoms with Crippen molar-refractivity contribution in [1.82, 2.24) is 20.3 Å². The van der Waals surface area contributed by atoms with Crippen LogP contribution in [0.1, 0.15) is 23.3 Å². The summed E-state index contributed by atoms with van der Waals surface area (Å²) in [6.07, 6.45) is 2.95. The number of carbonyl (C=O) groups is 2. The first-order chi connectivity index (χ1) is 14.6. The fraction of sp³-hybridized carbons (Fsp3) is 0.350. The first-order valence-electron chi connectivity index (χ1n) is 9.74. The summed E-state index contributed by atoms with van der Waals surface area (Å²) in [7, 11) is 0. The highest BCUT2D eigenvalue weighted by atomic mass is 32.1. The third-order valence-corrected chi connectivity index (χ3v) is 6.28. The molecule has 2 amide bonds. The second kappa shape index (κ2) is 7.52. The average molecular weight is 424 g/mol.